The minimum atomic E-state index is -1.17. The van der Waals surface area contributed by atoms with E-state index in [1.807, 2.05) is 0 Å². The third kappa shape index (κ3) is 32.5. The molecule has 0 rings (SSSR count). The van der Waals surface area contributed by atoms with Gasteiger partial charge in [0.05, 0.1) is 39.6 Å². The summed E-state index contributed by atoms with van der Waals surface area (Å²) in [7, 11) is 0. The maximum Gasteiger partial charge on any atom is 0.326 e. The zero-order valence-electron chi connectivity index (χ0n) is 31.1. The topological polar surface area (TPSA) is 254 Å². The number of carbonyl (C=O) groups is 6. The van der Waals surface area contributed by atoms with E-state index in [1.54, 1.807) is 0 Å². The first-order chi connectivity index (χ1) is 25.1. The van der Waals surface area contributed by atoms with Crippen molar-refractivity contribution in [3.05, 3.63) is 0 Å². The van der Waals surface area contributed by atoms with Gasteiger partial charge in [-0.2, -0.15) is 0 Å². The van der Waals surface area contributed by atoms with Crippen LogP contribution in [0, 0.1) is 0 Å². The highest BCUT2D eigenvalue weighted by atomic mass is 16.5. The molecule has 0 aliphatic rings. The number of aliphatic carboxylic acids is 2. The van der Waals surface area contributed by atoms with Gasteiger partial charge >= 0.3 is 11.9 Å². The smallest absolute Gasteiger partial charge is 0.326 e. The first-order valence-electron chi connectivity index (χ1n) is 18.7. The maximum absolute atomic E-state index is 12.2. The lowest BCUT2D eigenvalue weighted by Crippen LogP contribution is -2.41. The molecule has 0 aliphatic heterocycles. The molecule has 0 aromatic rings. The molecule has 0 aliphatic carbocycles. The number of unbranched alkanes of at least 4 members (excludes halogenated alkanes) is 9. The van der Waals surface area contributed by atoms with Gasteiger partial charge in [-0.25, -0.2) is 4.79 Å². The van der Waals surface area contributed by atoms with E-state index in [1.165, 1.54) is 32.1 Å². The highest BCUT2D eigenvalue weighted by Crippen LogP contribution is 2.11. The van der Waals surface area contributed by atoms with Crippen LogP contribution in [0.2, 0.25) is 0 Å². The molecule has 0 aromatic carbocycles. The number of carboxylic acid groups (broad SMARTS) is 2. The Kier molecular flexibility index (Phi) is 32.4. The molecule has 2 atom stereocenters. The number of carboxylic acids is 2. The van der Waals surface area contributed by atoms with Crippen LogP contribution in [0.25, 0.3) is 0 Å². The maximum atomic E-state index is 12.2. The summed E-state index contributed by atoms with van der Waals surface area (Å²) in [6, 6.07) is -2.01. The van der Waals surface area contributed by atoms with Gasteiger partial charge in [0.2, 0.25) is 23.6 Å². The number of nitrogens with one attached hydrogen (secondary N) is 4. The van der Waals surface area contributed by atoms with Crippen molar-refractivity contribution in [2.75, 3.05) is 72.5 Å². The monoisotopic (exact) mass is 747 g/mol. The van der Waals surface area contributed by atoms with Gasteiger partial charge in [0.1, 0.15) is 25.3 Å². The summed E-state index contributed by atoms with van der Waals surface area (Å²) in [6.07, 6.45) is 11.9. The van der Waals surface area contributed by atoms with Gasteiger partial charge in [0.25, 0.3) is 0 Å². The Morgan fingerprint density at radius 3 is 1.56 bits per heavy atom. The first kappa shape index (κ1) is 48.6. The molecule has 52 heavy (non-hydrogen) atoms. The zero-order valence-corrected chi connectivity index (χ0v) is 31.1. The molecule has 0 aromatic heterocycles. The van der Waals surface area contributed by atoms with Gasteiger partial charge in [0.15, 0.2) is 0 Å². The Bertz CT molecular complexity index is 988. The van der Waals surface area contributed by atoms with Crippen LogP contribution < -0.4 is 27.0 Å². The molecule has 0 radical (unpaired) electrons. The van der Waals surface area contributed by atoms with Crippen molar-refractivity contribution in [1.82, 2.24) is 21.3 Å². The Hall–Kier alpha value is -3.38. The average Bonchev–Trinajstić information content (AvgIpc) is 3.11. The van der Waals surface area contributed by atoms with Gasteiger partial charge in [-0.1, -0.05) is 58.3 Å². The molecule has 0 heterocycles. The molecule has 17 heteroatoms. The Morgan fingerprint density at radius 1 is 0.519 bits per heavy atom. The second kappa shape index (κ2) is 34.7. The largest absolute Gasteiger partial charge is 0.480 e. The normalized spacial score (nSPS) is 12.1. The number of nitrogens with two attached hydrogens (primary N) is 1. The predicted octanol–water partition coefficient (Wildman–Crippen LogP) is 1.25. The number of rotatable bonds is 37. The van der Waals surface area contributed by atoms with E-state index in [-0.39, 0.29) is 109 Å². The zero-order chi connectivity index (χ0) is 38.7. The van der Waals surface area contributed by atoms with Crippen molar-refractivity contribution >= 4 is 35.6 Å². The van der Waals surface area contributed by atoms with Crippen LogP contribution in [0.1, 0.15) is 103 Å². The summed E-state index contributed by atoms with van der Waals surface area (Å²) >= 11 is 0. The van der Waals surface area contributed by atoms with Gasteiger partial charge < -0.3 is 56.2 Å². The molecular formula is C35H65N5O12. The SMILES string of the molecule is CCCCCCCCCCCC(=O)N[C@@H](CCC(=O)NCCOCCOCC(=O)NCCOCCOCC(=O)NCCCC[C@H](N)C(=O)O)C(=O)O. The Labute approximate surface area is 308 Å². The van der Waals surface area contributed by atoms with Crippen LogP contribution in [-0.2, 0) is 47.7 Å². The lowest BCUT2D eigenvalue weighted by molar-refractivity contribution is -0.142. The van der Waals surface area contributed by atoms with E-state index in [2.05, 4.69) is 28.2 Å². The minimum absolute atomic E-state index is 0.0130. The Morgan fingerprint density at radius 2 is 1.02 bits per heavy atom. The fraction of sp³-hybridized carbons (Fsp3) is 0.829. The second-order valence-corrected chi connectivity index (χ2v) is 12.4. The third-order valence-electron chi connectivity index (χ3n) is 7.73. The summed E-state index contributed by atoms with van der Waals surface area (Å²) in [4.78, 5) is 70.0. The first-order valence-corrected chi connectivity index (χ1v) is 18.7. The van der Waals surface area contributed by atoms with Crippen LogP contribution in [0.4, 0.5) is 0 Å². The molecule has 0 spiro atoms. The van der Waals surface area contributed by atoms with Crippen LogP contribution in [0.15, 0.2) is 0 Å². The van der Waals surface area contributed by atoms with Crippen molar-refractivity contribution in [3.63, 3.8) is 0 Å². The standard InChI is InChI=1S/C35H65N5O12/c1-2-3-4-5-6-7-8-9-10-14-31(42)40-29(35(47)48)15-16-30(41)38-18-20-49-22-25-52-27-33(44)39-19-21-50-23-24-51-26-32(43)37-17-12-11-13-28(36)34(45)46/h28-29H,2-27,36H2,1H3,(H,37,43)(H,38,41)(H,39,44)(H,40,42)(H,45,46)(H,47,48)/t28-,29-/m0/s1. The van der Waals surface area contributed by atoms with Gasteiger partial charge in [0, 0.05) is 32.5 Å². The van der Waals surface area contributed by atoms with E-state index < -0.39 is 24.0 Å². The van der Waals surface area contributed by atoms with Crippen LogP contribution in [-0.4, -0.2) is 130 Å². The molecular weight excluding hydrogens is 682 g/mol. The predicted molar refractivity (Wildman–Crippen MR) is 192 cm³/mol. The average molecular weight is 748 g/mol. The van der Waals surface area contributed by atoms with E-state index in [0.29, 0.717) is 32.2 Å². The molecule has 0 saturated carbocycles. The molecule has 0 bridgehead atoms. The highest BCUT2D eigenvalue weighted by molar-refractivity contribution is 5.84. The summed E-state index contributed by atoms with van der Waals surface area (Å²) < 4.78 is 21.2. The highest BCUT2D eigenvalue weighted by Gasteiger charge is 2.20. The number of ether oxygens (including phenoxy) is 4. The fourth-order valence-electron chi connectivity index (χ4n) is 4.72. The van der Waals surface area contributed by atoms with Crippen LogP contribution in [0.3, 0.4) is 0 Å². The molecule has 302 valence electrons. The van der Waals surface area contributed by atoms with Gasteiger partial charge in [-0.3, -0.25) is 24.0 Å². The molecule has 0 fully saturated rings. The molecule has 0 unspecified atom stereocenters. The van der Waals surface area contributed by atoms with E-state index in [9.17, 15) is 33.9 Å². The van der Waals surface area contributed by atoms with Crippen LogP contribution in [0.5, 0.6) is 0 Å². The van der Waals surface area contributed by atoms with E-state index >= 15 is 0 Å². The minimum Gasteiger partial charge on any atom is -0.480 e. The van der Waals surface area contributed by atoms with E-state index in [4.69, 9.17) is 29.8 Å². The van der Waals surface area contributed by atoms with Crippen molar-refractivity contribution in [2.45, 2.75) is 115 Å². The van der Waals surface area contributed by atoms with Gasteiger partial charge in [-0.15, -0.1) is 0 Å². The lowest BCUT2D eigenvalue weighted by atomic mass is 10.1. The molecule has 8 N–H and O–H groups in total. The summed E-state index contributed by atoms with van der Waals surface area (Å²) in [5, 5.41) is 28.6. The second-order valence-electron chi connectivity index (χ2n) is 12.4. The number of hydrogen-bond donors (Lipinski definition) is 7. The molecule has 17 nitrogen and oxygen atoms in total. The third-order valence-corrected chi connectivity index (χ3v) is 7.73. The van der Waals surface area contributed by atoms with Crippen molar-refractivity contribution in [1.29, 1.82) is 0 Å². The van der Waals surface area contributed by atoms with Gasteiger partial charge in [-0.05, 0) is 32.1 Å². The summed E-state index contributed by atoms with van der Waals surface area (Å²) in [6.45, 7) is 4.07. The quantitative estimate of drug-likeness (QED) is 0.0443. The van der Waals surface area contributed by atoms with Crippen LogP contribution >= 0.6 is 0 Å². The number of amides is 4. The molecule has 0 saturated heterocycles. The van der Waals surface area contributed by atoms with Crippen molar-refractivity contribution in [2.24, 2.45) is 5.73 Å². The number of hydrogen-bond acceptors (Lipinski definition) is 11. The summed E-state index contributed by atoms with van der Waals surface area (Å²) in [5.41, 5.74) is 5.41. The van der Waals surface area contributed by atoms with Crippen molar-refractivity contribution in [3.8, 4) is 0 Å². The summed E-state index contributed by atoms with van der Waals surface area (Å²) in [5.74, 6) is -3.49. The fourth-order valence-corrected chi connectivity index (χ4v) is 4.72. The van der Waals surface area contributed by atoms with Crippen molar-refractivity contribution < 1.29 is 57.9 Å². The number of carbonyl (C=O) groups excluding carboxylic acids is 4. The molecule has 4 amide bonds. The van der Waals surface area contributed by atoms with E-state index in [0.717, 1.165) is 19.3 Å². The lowest BCUT2D eigenvalue weighted by Gasteiger charge is -2.14. The Balaban J connectivity index is 3.65.